The molecule has 246 valence electrons. The quantitative estimate of drug-likeness (QED) is 0.308. The number of carbonyl (C=O) groups excluding carboxylic acids is 2. The number of aromatic nitrogens is 3. The van der Waals surface area contributed by atoms with Crippen molar-refractivity contribution in [1.29, 1.82) is 0 Å². The number of carboxylic acids is 1. The monoisotopic (exact) mass is 645 g/mol. The molecule has 3 aromatic heterocycles. The topological polar surface area (TPSA) is 148 Å². The number of alkyl halides is 1. The van der Waals surface area contributed by atoms with Gasteiger partial charge in [-0.1, -0.05) is 19.1 Å². The second kappa shape index (κ2) is 12.2. The lowest BCUT2D eigenvalue weighted by molar-refractivity contribution is -0.139. The standard InChI is InChI=1S/C34H36FN5O7/c1-19-17-39-11-10-34(19,35)24-14-21(20(2)41)16-36-32(24)46-22-15-25(33(43)44)40(18-22)31-30-29(23-6-3-4-7-26(23)47-30)37-27(38-31)9-13-45-12-5-8-28(39)42/h3-4,6-7,14,16,19,22,25H,5,8-13,15,17-18H2,1-2H3,(H,43,44)/t19-,22-,25-,34+/m0/s1. The van der Waals surface area contributed by atoms with Gasteiger partial charge in [0, 0.05) is 68.4 Å². The van der Waals surface area contributed by atoms with Gasteiger partial charge in [-0.3, -0.25) is 9.59 Å². The van der Waals surface area contributed by atoms with E-state index in [9.17, 15) is 19.5 Å². The van der Waals surface area contributed by atoms with Crippen molar-refractivity contribution in [2.75, 3.05) is 37.7 Å². The maximum Gasteiger partial charge on any atom is 0.326 e. The number of benzene rings is 1. The lowest BCUT2D eigenvalue weighted by Crippen LogP contribution is -2.49. The van der Waals surface area contributed by atoms with E-state index in [2.05, 4.69) is 4.98 Å². The van der Waals surface area contributed by atoms with Crippen LogP contribution >= 0.6 is 0 Å². The number of anilines is 1. The normalized spacial score (nSPS) is 25.5. The van der Waals surface area contributed by atoms with Gasteiger partial charge in [-0.2, -0.15) is 0 Å². The Morgan fingerprint density at radius 3 is 2.74 bits per heavy atom. The molecule has 8 rings (SSSR count). The zero-order valence-corrected chi connectivity index (χ0v) is 26.3. The van der Waals surface area contributed by atoms with Crippen LogP contribution in [0.3, 0.4) is 0 Å². The molecule has 4 aliphatic heterocycles. The van der Waals surface area contributed by atoms with Crippen molar-refractivity contribution < 1.29 is 37.8 Å². The van der Waals surface area contributed by atoms with E-state index in [1.54, 1.807) is 16.7 Å². The molecule has 12 nitrogen and oxygen atoms in total. The van der Waals surface area contributed by atoms with Crippen LogP contribution in [0.1, 0.15) is 61.3 Å². The van der Waals surface area contributed by atoms with Gasteiger partial charge in [-0.25, -0.2) is 24.1 Å². The first-order chi connectivity index (χ1) is 22.6. The molecule has 7 heterocycles. The predicted molar refractivity (Wildman–Crippen MR) is 168 cm³/mol. The van der Waals surface area contributed by atoms with E-state index < -0.39 is 29.7 Å². The summed E-state index contributed by atoms with van der Waals surface area (Å²) in [5, 5.41) is 11.1. The molecule has 2 fully saturated rings. The predicted octanol–water partition coefficient (Wildman–Crippen LogP) is 4.47. The van der Waals surface area contributed by atoms with E-state index in [4.69, 9.17) is 23.9 Å². The van der Waals surface area contributed by atoms with E-state index in [0.717, 1.165) is 5.39 Å². The second-order valence-corrected chi connectivity index (χ2v) is 12.7. The average molecular weight is 646 g/mol. The van der Waals surface area contributed by atoms with E-state index in [1.807, 2.05) is 24.3 Å². The summed E-state index contributed by atoms with van der Waals surface area (Å²) >= 11 is 0. The molecule has 4 atom stereocenters. The highest BCUT2D eigenvalue weighted by Crippen LogP contribution is 2.46. The summed E-state index contributed by atoms with van der Waals surface area (Å²) in [4.78, 5) is 55.4. The third-order valence-corrected chi connectivity index (χ3v) is 9.57. The van der Waals surface area contributed by atoms with Gasteiger partial charge >= 0.3 is 5.97 Å². The summed E-state index contributed by atoms with van der Waals surface area (Å²) in [7, 11) is 0. The Kier molecular flexibility index (Phi) is 8.03. The zero-order valence-electron chi connectivity index (χ0n) is 26.3. The Balaban J connectivity index is 1.33. The smallest absolute Gasteiger partial charge is 0.326 e. The van der Waals surface area contributed by atoms with E-state index in [1.165, 1.54) is 19.2 Å². The summed E-state index contributed by atoms with van der Waals surface area (Å²) in [5.41, 5.74) is -0.0712. The van der Waals surface area contributed by atoms with Gasteiger partial charge in [0.25, 0.3) is 0 Å². The number of ketones is 1. The third-order valence-electron chi connectivity index (χ3n) is 9.57. The Hall–Kier alpha value is -4.65. The van der Waals surface area contributed by atoms with Crippen LogP contribution in [-0.2, 0) is 26.4 Å². The van der Waals surface area contributed by atoms with E-state index >= 15 is 4.39 Å². The zero-order chi connectivity index (χ0) is 32.9. The number of halogens is 1. The largest absolute Gasteiger partial charge is 0.480 e. The highest BCUT2D eigenvalue weighted by atomic mass is 19.1. The summed E-state index contributed by atoms with van der Waals surface area (Å²) in [6.07, 6.45) is 1.83. The molecular weight excluding hydrogens is 609 g/mol. The summed E-state index contributed by atoms with van der Waals surface area (Å²) < 4.78 is 35.6. The number of Topliss-reactive ketones (excluding diaryl/α,β-unsaturated/α-hetero) is 1. The first kappa shape index (κ1) is 31.0. The fraction of sp³-hybridized carbons (Fsp3) is 0.471. The molecule has 0 aliphatic carbocycles. The minimum atomic E-state index is -1.94. The van der Waals surface area contributed by atoms with Crippen LogP contribution in [0.4, 0.5) is 10.2 Å². The average Bonchev–Trinajstić information content (AvgIpc) is 3.65. The van der Waals surface area contributed by atoms with E-state index in [0.29, 0.717) is 54.4 Å². The summed E-state index contributed by atoms with van der Waals surface area (Å²) in [5.74, 6) is -1.26. The molecule has 47 heavy (non-hydrogen) atoms. The number of aliphatic carboxylic acids is 1. The lowest BCUT2D eigenvalue weighted by Gasteiger charge is -2.42. The van der Waals surface area contributed by atoms with Crippen LogP contribution < -0.4 is 9.64 Å². The number of nitrogens with zero attached hydrogens (tertiary/aromatic N) is 5. The number of hydrogen-bond acceptors (Lipinski definition) is 10. The molecule has 4 aromatic rings. The summed E-state index contributed by atoms with van der Waals surface area (Å²) in [6, 6.07) is 7.88. The van der Waals surface area contributed by atoms with Crippen molar-refractivity contribution >= 4 is 45.5 Å². The number of fused-ring (bicyclic) bond motifs is 11. The van der Waals surface area contributed by atoms with Crippen LogP contribution in [0, 0.1) is 5.92 Å². The molecule has 13 heteroatoms. The number of pyridine rings is 1. The van der Waals surface area contributed by atoms with Crippen molar-refractivity contribution in [3.05, 3.63) is 53.5 Å². The molecule has 6 bridgehead atoms. The molecule has 0 unspecified atom stereocenters. The van der Waals surface area contributed by atoms with E-state index in [-0.39, 0.29) is 67.6 Å². The molecule has 2 saturated heterocycles. The number of hydrogen-bond donors (Lipinski definition) is 1. The van der Waals surface area contributed by atoms with Crippen LogP contribution in [0.2, 0.25) is 0 Å². The third kappa shape index (κ3) is 5.66. The van der Waals surface area contributed by atoms with Gasteiger partial charge in [-0.05, 0) is 31.5 Å². The van der Waals surface area contributed by atoms with Crippen LogP contribution in [0.5, 0.6) is 5.88 Å². The molecule has 4 aliphatic rings. The Morgan fingerprint density at radius 2 is 1.96 bits per heavy atom. The lowest BCUT2D eigenvalue weighted by atomic mass is 9.78. The summed E-state index contributed by atoms with van der Waals surface area (Å²) in [6.45, 7) is 4.27. The van der Waals surface area contributed by atoms with Gasteiger partial charge in [-0.15, -0.1) is 0 Å². The first-order valence-corrected chi connectivity index (χ1v) is 16.0. The molecular formula is C34H36FN5O7. The Bertz CT molecular complexity index is 1880. The molecule has 0 spiro atoms. The van der Waals surface area contributed by atoms with Gasteiger partial charge in [0.1, 0.15) is 34.7 Å². The Morgan fingerprint density at radius 1 is 1.13 bits per heavy atom. The number of piperidine rings is 1. The van der Waals surface area contributed by atoms with Crippen molar-refractivity contribution in [2.45, 2.75) is 63.8 Å². The van der Waals surface area contributed by atoms with Crippen molar-refractivity contribution in [3.8, 4) is 5.88 Å². The maximum absolute atomic E-state index is 17.2. The number of rotatable bonds is 2. The number of amides is 1. The van der Waals surface area contributed by atoms with Gasteiger partial charge in [0.2, 0.25) is 11.8 Å². The van der Waals surface area contributed by atoms with Crippen molar-refractivity contribution in [3.63, 3.8) is 0 Å². The molecule has 0 radical (unpaired) electrons. The SMILES string of the molecule is CC(=O)c1cnc2c(c1)[C@@]1(F)CCN(C[C@@H]1C)C(=O)CCCOCCc1nc(c3oc4ccccc4c3n1)N1C[C@H](C[C@H]1C(=O)O)O2. The van der Waals surface area contributed by atoms with Gasteiger partial charge in [0.15, 0.2) is 17.2 Å². The van der Waals surface area contributed by atoms with Crippen LogP contribution in [0.15, 0.2) is 40.9 Å². The van der Waals surface area contributed by atoms with Crippen LogP contribution in [0.25, 0.3) is 22.1 Å². The minimum absolute atomic E-state index is 0.00189. The van der Waals surface area contributed by atoms with Gasteiger partial charge < -0.3 is 28.8 Å². The van der Waals surface area contributed by atoms with Crippen molar-refractivity contribution in [1.82, 2.24) is 19.9 Å². The van der Waals surface area contributed by atoms with Gasteiger partial charge in [0.05, 0.1) is 18.7 Å². The second-order valence-electron chi connectivity index (χ2n) is 12.7. The van der Waals surface area contributed by atoms with Crippen LogP contribution in [-0.4, -0.2) is 87.6 Å². The molecule has 1 aromatic carbocycles. The highest BCUT2D eigenvalue weighted by Gasteiger charge is 2.47. The molecule has 1 amide bonds. The minimum Gasteiger partial charge on any atom is -0.480 e. The number of carboxylic acid groups (broad SMARTS) is 1. The number of furan rings is 1. The number of carbonyl (C=O) groups is 3. The fourth-order valence-electron chi connectivity index (χ4n) is 6.96. The first-order valence-electron chi connectivity index (χ1n) is 16.0. The number of ether oxygens (including phenoxy) is 2. The number of para-hydroxylation sites is 1. The molecule has 0 saturated carbocycles. The van der Waals surface area contributed by atoms with Crippen molar-refractivity contribution in [2.24, 2.45) is 5.92 Å². The highest BCUT2D eigenvalue weighted by molar-refractivity contribution is 6.06. The maximum atomic E-state index is 17.2. The molecule has 1 N–H and O–H groups in total. The fourth-order valence-corrected chi connectivity index (χ4v) is 6.96. The Labute approximate surface area is 269 Å².